The predicted octanol–water partition coefficient (Wildman–Crippen LogP) is 7.88. The number of aryl methyl sites for hydroxylation is 2. The van der Waals surface area contributed by atoms with Gasteiger partial charge in [-0.25, -0.2) is 19.4 Å². The second-order valence-electron chi connectivity index (χ2n) is 8.79. The number of hydrogen-bond donors (Lipinski definition) is 2. The van der Waals surface area contributed by atoms with E-state index in [0.717, 1.165) is 23.1 Å². The van der Waals surface area contributed by atoms with E-state index in [4.69, 9.17) is 49.6 Å². The average molecular weight is 626 g/mol. The third-order valence-corrected chi connectivity index (χ3v) is 7.83. The van der Waals surface area contributed by atoms with Crippen LogP contribution >= 0.6 is 58.5 Å². The smallest absolute Gasteiger partial charge is 0.419 e. The van der Waals surface area contributed by atoms with Crippen molar-refractivity contribution in [2.75, 3.05) is 17.8 Å². The predicted molar refractivity (Wildman–Crippen MR) is 163 cm³/mol. The van der Waals surface area contributed by atoms with Gasteiger partial charge in [0, 0.05) is 24.1 Å². The van der Waals surface area contributed by atoms with E-state index in [-0.39, 0.29) is 0 Å². The number of fused-ring (bicyclic) bond motifs is 1. The molecule has 1 amide bonds. The largest absolute Gasteiger partial charge is 0.422 e. The van der Waals surface area contributed by atoms with Gasteiger partial charge in [0.2, 0.25) is 0 Å². The van der Waals surface area contributed by atoms with Gasteiger partial charge < -0.3 is 10.1 Å². The number of carbonyl (C=O) groups excluding carboxylic acids is 1. The van der Waals surface area contributed by atoms with Gasteiger partial charge in [0.1, 0.15) is 22.4 Å². The van der Waals surface area contributed by atoms with Crippen molar-refractivity contribution in [3.63, 3.8) is 0 Å². The number of ether oxygens (including phenoxy) is 1. The third kappa shape index (κ3) is 6.52. The zero-order valence-electron chi connectivity index (χ0n) is 21.9. The Labute approximate surface area is 250 Å². The van der Waals surface area contributed by atoms with Gasteiger partial charge in [0.05, 0.1) is 15.4 Å². The maximum Gasteiger partial charge on any atom is 0.419 e. The summed E-state index contributed by atoms with van der Waals surface area (Å²) in [7, 11) is 0. The maximum atomic E-state index is 12.7. The molecule has 13 heteroatoms. The minimum absolute atomic E-state index is 0.328. The van der Waals surface area contributed by atoms with Crippen molar-refractivity contribution in [2.45, 2.75) is 44.4 Å². The minimum atomic E-state index is -1.13. The van der Waals surface area contributed by atoms with Gasteiger partial charge in [-0.3, -0.25) is 4.72 Å². The zero-order valence-corrected chi connectivity index (χ0v) is 25.8. The first kappa shape index (κ1) is 29.6. The monoisotopic (exact) mass is 624 g/mol. The number of anilines is 1. The van der Waals surface area contributed by atoms with E-state index in [1.807, 2.05) is 44.4 Å². The van der Waals surface area contributed by atoms with Gasteiger partial charge in [0.15, 0.2) is 11.4 Å². The van der Waals surface area contributed by atoms with Crippen LogP contribution in [-0.4, -0.2) is 44.1 Å². The van der Waals surface area contributed by atoms with Crippen LogP contribution in [0, 0.1) is 13.8 Å². The first-order chi connectivity index (χ1) is 18.6. The Bertz CT molecular complexity index is 1490. The second-order valence-corrected chi connectivity index (χ2v) is 11.4. The molecule has 0 aliphatic carbocycles. The van der Waals surface area contributed by atoms with Crippen LogP contribution in [0.15, 0.2) is 41.4 Å². The molecule has 4 rings (SSSR count). The van der Waals surface area contributed by atoms with Crippen molar-refractivity contribution in [1.82, 2.24) is 24.5 Å². The summed E-state index contributed by atoms with van der Waals surface area (Å²) in [5.41, 5.74) is 1.95. The topological polar surface area (TPSA) is 94.0 Å². The zero-order chi connectivity index (χ0) is 28.3. The van der Waals surface area contributed by atoms with Crippen molar-refractivity contribution < 1.29 is 9.53 Å². The van der Waals surface area contributed by atoms with Crippen LogP contribution in [0.3, 0.4) is 0 Å². The fraction of sp³-hybridized carbons (Fsp3) is 0.308. The standard InChI is InChI=1S/C26H27Cl3N6O2S2/c1-6-26(37-25(36)34-39-5,13-16-9-7-14(2)8-10-16)32-22-20-23(31-15(3)30-22)35(33-24(20)38-4)21-18(28)11-17(27)12-19(21)29/h7-12H,6,13H2,1-5H3,(H,34,36)(H,30,31,32). The Morgan fingerprint density at radius 2 is 1.74 bits per heavy atom. The summed E-state index contributed by atoms with van der Waals surface area (Å²) < 4.78 is 10.3. The Hall–Kier alpha value is -2.37. The molecule has 0 saturated heterocycles. The summed E-state index contributed by atoms with van der Waals surface area (Å²) in [6.07, 6.45) is 3.94. The van der Waals surface area contributed by atoms with Crippen molar-refractivity contribution in [3.05, 3.63) is 68.4 Å². The number of amides is 1. The lowest BCUT2D eigenvalue weighted by Gasteiger charge is -2.34. The number of benzene rings is 2. The van der Waals surface area contributed by atoms with Crippen LogP contribution in [-0.2, 0) is 11.2 Å². The maximum absolute atomic E-state index is 12.7. The summed E-state index contributed by atoms with van der Waals surface area (Å²) in [5, 5.41) is 10.6. The van der Waals surface area contributed by atoms with Crippen LogP contribution in [0.4, 0.5) is 10.6 Å². The Kier molecular flexibility index (Phi) is 9.44. The molecule has 0 spiro atoms. The highest BCUT2D eigenvalue weighted by molar-refractivity contribution is 7.98. The van der Waals surface area contributed by atoms with Gasteiger partial charge in [0.25, 0.3) is 0 Å². The van der Waals surface area contributed by atoms with E-state index in [9.17, 15) is 4.79 Å². The number of nitrogens with one attached hydrogen (secondary N) is 2. The van der Waals surface area contributed by atoms with Crippen molar-refractivity contribution >= 4 is 81.5 Å². The van der Waals surface area contributed by atoms with E-state index in [1.165, 1.54) is 11.8 Å². The Morgan fingerprint density at radius 3 is 2.33 bits per heavy atom. The highest BCUT2D eigenvalue weighted by atomic mass is 35.5. The van der Waals surface area contributed by atoms with Gasteiger partial charge in [-0.15, -0.1) is 11.8 Å². The van der Waals surface area contributed by atoms with E-state index in [2.05, 4.69) is 15.0 Å². The van der Waals surface area contributed by atoms with E-state index < -0.39 is 11.8 Å². The molecule has 0 saturated carbocycles. The molecule has 0 radical (unpaired) electrons. The molecule has 0 fully saturated rings. The van der Waals surface area contributed by atoms with Crippen molar-refractivity contribution in [1.29, 1.82) is 0 Å². The summed E-state index contributed by atoms with van der Waals surface area (Å²) in [4.78, 5) is 22.1. The molecule has 2 heterocycles. The number of halogens is 3. The summed E-state index contributed by atoms with van der Waals surface area (Å²) in [5.74, 6) is 0.953. The molecule has 2 aromatic heterocycles. The summed E-state index contributed by atoms with van der Waals surface area (Å²) in [6.45, 7) is 5.75. The Balaban J connectivity index is 1.89. The molecule has 1 unspecified atom stereocenters. The van der Waals surface area contributed by atoms with E-state index in [0.29, 0.717) is 61.3 Å². The highest BCUT2D eigenvalue weighted by Gasteiger charge is 2.35. The highest BCUT2D eigenvalue weighted by Crippen LogP contribution is 2.38. The number of carbonyl (C=O) groups is 1. The second kappa shape index (κ2) is 12.4. The fourth-order valence-corrected chi connectivity index (χ4v) is 5.89. The molecular formula is C26H27Cl3N6O2S2. The Morgan fingerprint density at radius 1 is 1.08 bits per heavy atom. The molecule has 0 aliphatic heterocycles. The van der Waals surface area contributed by atoms with Crippen LogP contribution in [0.1, 0.15) is 30.3 Å². The number of nitrogens with zero attached hydrogens (tertiary/aromatic N) is 4. The first-order valence-electron chi connectivity index (χ1n) is 11.9. The lowest BCUT2D eigenvalue weighted by Crippen LogP contribution is -2.46. The average Bonchev–Trinajstić information content (AvgIpc) is 3.23. The molecule has 8 nitrogen and oxygen atoms in total. The molecular weight excluding hydrogens is 599 g/mol. The first-order valence-corrected chi connectivity index (χ1v) is 15.5. The van der Waals surface area contributed by atoms with Crippen molar-refractivity contribution in [3.8, 4) is 5.69 Å². The van der Waals surface area contributed by atoms with Gasteiger partial charge in [-0.2, -0.15) is 5.10 Å². The number of aromatic nitrogens is 4. The number of thioether (sulfide) groups is 1. The number of hydrogen-bond acceptors (Lipinski definition) is 8. The lowest BCUT2D eigenvalue weighted by atomic mass is 9.98. The quantitative estimate of drug-likeness (QED) is 0.110. The molecule has 0 aliphatic rings. The minimum Gasteiger partial charge on any atom is -0.422 e. The summed E-state index contributed by atoms with van der Waals surface area (Å²) in [6, 6.07) is 11.3. The fourth-order valence-electron chi connectivity index (χ4n) is 4.15. The van der Waals surface area contributed by atoms with Gasteiger partial charge in [-0.1, -0.05) is 83.5 Å². The SMILES string of the molecule is CCC(Cc1ccc(C)cc1)(Nc1nc(C)nc2c1c(SC)nn2-c1c(Cl)cc(Cl)cc1Cl)OC(=O)NSC. The lowest BCUT2D eigenvalue weighted by molar-refractivity contribution is 0.0333. The normalized spacial score (nSPS) is 12.8. The molecule has 4 aromatic rings. The summed E-state index contributed by atoms with van der Waals surface area (Å²) >= 11 is 21.9. The molecule has 206 valence electrons. The molecule has 0 bridgehead atoms. The van der Waals surface area contributed by atoms with Gasteiger partial charge >= 0.3 is 6.09 Å². The van der Waals surface area contributed by atoms with Crippen LogP contribution in [0.25, 0.3) is 16.7 Å². The van der Waals surface area contributed by atoms with Crippen LogP contribution in [0.5, 0.6) is 0 Å². The van der Waals surface area contributed by atoms with E-state index >= 15 is 0 Å². The van der Waals surface area contributed by atoms with Crippen LogP contribution < -0.4 is 10.0 Å². The van der Waals surface area contributed by atoms with E-state index in [1.54, 1.807) is 30.0 Å². The van der Waals surface area contributed by atoms with Gasteiger partial charge in [-0.05, 0) is 37.8 Å². The molecule has 39 heavy (non-hydrogen) atoms. The van der Waals surface area contributed by atoms with Crippen molar-refractivity contribution in [2.24, 2.45) is 0 Å². The molecule has 2 N–H and O–H groups in total. The van der Waals surface area contributed by atoms with Crippen LogP contribution in [0.2, 0.25) is 15.1 Å². The third-order valence-electron chi connectivity index (χ3n) is 5.99. The molecule has 2 aromatic carbocycles. The number of rotatable bonds is 9. The molecule has 1 atom stereocenters.